The van der Waals surface area contributed by atoms with Gasteiger partial charge in [0.15, 0.2) is 11.3 Å². The van der Waals surface area contributed by atoms with Crippen LogP contribution in [0.4, 0.5) is 5.69 Å². The zero-order valence-electron chi connectivity index (χ0n) is 18.2. The first-order valence-electron chi connectivity index (χ1n) is 11.0. The number of aryl methyl sites for hydroxylation is 1. The molecule has 7 heteroatoms. The Labute approximate surface area is 190 Å². The van der Waals surface area contributed by atoms with Crippen LogP contribution in [0.3, 0.4) is 0 Å². The molecule has 0 amide bonds. The van der Waals surface area contributed by atoms with Gasteiger partial charge in [-0.3, -0.25) is 0 Å². The van der Waals surface area contributed by atoms with Crippen molar-refractivity contribution >= 4 is 22.4 Å². The number of hydrogen-bond donors (Lipinski definition) is 3. The van der Waals surface area contributed by atoms with E-state index in [1.54, 1.807) is 10.7 Å². The van der Waals surface area contributed by atoms with Gasteiger partial charge in [-0.1, -0.05) is 54.6 Å². The largest absolute Gasteiger partial charge is 0.398 e. The van der Waals surface area contributed by atoms with E-state index < -0.39 is 5.54 Å². The molecule has 164 valence electrons. The Morgan fingerprint density at radius 3 is 2.45 bits per heavy atom. The third kappa shape index (κ3) is 3.08. The van der Waals surface area contributed by atoms with Gasteiger partial charge in [-0.15, -0.1) is 0 Å². The number of fused-ring (bicyclic) bond motifs is 3. The Balaban J connectivity index is 1.60. The zero-order valence-corrected chi connectivity index (χ0v) is 18.2. The molecule has 0 aliphatic heterocycles. The van der Waals surface area contributed by atoms with Gasteiger partial charge in [0.1, 0.15) is 0 Å². The molecular weight excluding hydrogens is 412 g/mol. The average Bonchev–Trinajstić information content (AvgIpc) is 3.19. The Morgan fingerprint density at radius 2 is 1.76 bits per heavy atom. The van der Waals surface area contributed by atoms with Crippen LogP contribution < -0.4 is 11.5 Å². The van der Waals surface area contributed by atoms with Crippen molar-refractivity contribution in [3.8, 4) is 22.4 Å². The molecule has 2 aromatic carbocycles. The van der Waals surface area contributed by atoms with E-state index in [0.717, 1.165) is 44.7 Å². The summed E-state index contributed by atoms with van der Waals surface area (Å²) in [5.41, 5.74) is 20.2. The molecule has 1 aliphatic rings. The molecule has 3 heterocycles. The SMILES string of the molecule is Cc1cc2ncc3c(N)c(-c4ccccc4)c(-c4ccc([C@]5(N)C[C@H](O)C5)cc4)nc3n2n1. The van der Waals surface area contributed by atoms with Gasteiger partial charge >= 0.3 is 0 Å². The predicted molar refractivity (Wildman–Crippen MR) is 129 cm³/mol. The molecule has 33 heavy (non-hydrogen) atoms. The molecule has 1 saturated carbocycles. The molecule has 5 N–H and O–H groups in total. The quantitative estimate of drug-likeness (QED) is 0.396. The lowest BCUT2D eigenvalue weighted by molar-refractivity contribution is 0.0209. The first kappa shape index (κ1) is 19.8. The van der Waals surface area contributed by atoms with Crippen molar-refractivity contribution in [2.24, 2.45) is 5.73 Å². The van der Waals surface area contributed by atoms with Gasteiger partial charge in [-0.05, 0) is 30.9 Å². The molecule has 6 rings (SSSR count). The fraction of sp³-hybridized carbons (Fsp3) is 0.192. The van der Waals surface area contributed by atoms with Gasteiger partial charge in [-0.2, -0.15) is 9.61 Å². The number of benzene rings is 2. The molecule has 0 unspecified atom stereocenters. The highest BCUT2D eigenvalue weighted by atomic mass is 16.3. The summed E-state index contributed by atoms with van der Waals surface area (Å²) in [6, 6.07) is 20.1. The topological polar surface area (TPSA) is 115 Å². The van der Waals surface area contributed by atoms with E-state index in [1.165, 1.54) is 0 Å². The highest BCUT2D eigenvalue weighted by Crippen LogP contribution is 2.42. The molecule has 1 fully saturated rings. The van der Waals surface area contributed by atoms with Crippen molar-refractivity contribution in [3.05, 3.63) is 78.1 Å². The Bertz CT molecular complexity index is 1500. The molecule has 1 aliphatic carbocycles. The maximum Gasteiger partial charge on any atom is 0.167 e. The molecule has 0 radical (unpaired) electrons. The van der Waals surface area contributed by atoms with Crippen LogP contribution in [0.25, 0.3) is 39.1 Å². The summed E-state index contributed by atoms with van der Waals surface area (Å²) in [6.07, 6.45) is 2.60. The lowest BCUT2D eigenvalue weighted by Gasteiger charge is -2.42. The number of hydrogen-bond acceptors (Lipinski definition) is 6. The summed E-state index contributed by atoms with van der Waals surface area (Å²) in [6.45, 7) is 1.93. The van der Waals surface area contributed by atoms with Crippen molar-refractivity contribution in [2.45, 2.75) is 31.4 Å². The van der Waals surface area contributed by atoms with E-state index in [-0.39, 0.29) is 6.10 Å². The van der Waals surface area contributed by atoms with Crippen LogP contribution in [0, 0.1) is 6.92 Å². The molecule has 0 saturated heterocycles. The Morgan fingerprint density at radius 1 is 1.03 bits per heavy atom. The first-order chi connectivity index (χ1) is 15.9. The van der Waals surface area contributed by atoms with Crippen LogP contribution >= 0.6 is 0 Å². The smallest absolute Gasteiger partial charge is 0.167 e. The third-order valence-electron chi connectivity index (χ3n) is 6.59. The van der Waals surface area contributed by atoms with Crippen LogP contribution in [0.2, 0.25) is 0 Å². The van der Waals surface area contributed by atoms with E-state index in [2.05, 4.69) is 10.1 Å². The minimum atomic E-state index is -0.472. The predicted octanol–water partition coefficient (Wildman–Crippen LogP) is 3.81. The van der Waals surface area contributed by atoms with Crippen LogP contribution in [-0.4, -0.2) is 30.8 Å². The van der Waals surface area contributed by atoms with Crippen LogP contribution in [0.15, 0.2) is 66.9 Å². The van der Waals surface area contributed by atoms with Gasteiger partial charge in [0.2, 0.25) is 0 Å². The van der Waals surface area contributed by atoms with Crippen molar-refractivity contribution in [1.29, 1.82) is 0 Å². The molecule has 5 aromatic rings. The number of aliphatic hydroxyl groups excluding tert-OH is 1. The highest BCUT2D eigenvalue weighted by Gasteiger charge is 2.41. The van der Waals surface area contributed by atoms with E-state index in [9.17, 15) is 5.11 Å². The van der Waals surface area contributed by atoms with Gasteiger partial charge in [0, 0.05) is 28.9 Å². The second kappa shape index (κ2) is 7.10. The van der Waals surface area contributed by atoms with E-state index in [1.807, 2.05) is 67.6 Å². The van der Waals surface area contributed by atoms with Crippen LogP contribution in [0.5, 0.6) is 0 Å². The molecule has 7 nitrogen and oxygen atoms in total. The maximum atomic E-state index is 9.74. The lowest BCUT2D eigenvalue weighted by atomic mass is 9.70. The Hall–Kier alpha value is -3.81. The summed E-state index contributed by atoms with van der Waals surface area (Å²) in [5, 5.41) is 15.1. The molecule has 0 atom stereocenters. The van der Waals surface area contributed by atoms with Crippen LogP contribution in [0.1, 0.15) is 24.1 Å². The summed E-state index contributed by atoms with van der Waals surface area (Å²) < 4.78 is 1.75. The number of pyridine rings is 1. The number of rotatable bonds is 3. The first-order valence-corrected chi connectivity index (χ1v) is 11.0. The normalized spacial score (nSPS) is 20.3. The van der Waals surface area contributed by atoms with E-state index in [4.69, 9.17) is 16.5 Å². The second-order valence-corrected chi connectivity index (χ2v) is 8.96. The van der Waals surface area contributed by atoms with Crippen molar-refractivity contribution in [1.82, 2.24) is 19.6 Å². The molecule has 3 aromatic heterocycles. The fourth-order valence-corrected chi connectivity index (χ4v) is 4.84. The number of nitrogens with zero attached hydrogens (tertiary/aromatic N) is 4. The minimum absolute atomic E-state index is 0.324. The monoisotopic (exact) mass is 436 g/mol. The number of aliphatic hydroxyl groups is 1. The Kier molecular flexibility index (Phi) is 4.27. The van der Waals surface area contributed by atoms with Gasteiger partial charge in [-0.25, -0.2) is 9.97 Å². The second-order valence-electron chi connectivity index (χ2n) is 8.96. The molecule has 0 bridgehead atoms. The van der Waals surface area contributed by atoms with Gasteiger partial charge in [0.25, 0.3) is 0 Å². The lowest BCUT2D eigenvalue weighted by Crippen LogP contribution is -2.51. The number of anilines is 1. The van der Waals surface area contributed by atoms with Gasteiger partial charge < -0.3 is 16.6 Å². The minimum Gasteiger partial charge on any atom is -0.398 e. The molecular formula is C26H24N6O. The number of nitrogen functional groups attached to an aromatic ring is 1. The van der Waals surface area contributed by atoms with Crippen molar-refractivity contribution in [3.63, 3.8) is 0 Å². The summed E-state index contributed by atoms with van der Waals surface area (Å²) in [5.74, 6) is 0. The third-order valence-corrected chi connectivity index (χ3v) is 6.59. The average molecular weight is 437 g/mol. The number of nitrogens with two attached hydrogens (primary N) is 2. The summed E-state index contributed by atoms with van der Waals surface area (Å²) >= 11 is 0. The maximum absolute atomic E-state index is 9.74. The summed E-state index contributed by atoms with van der Waals surface area (Å²) in [7, 11) is 0. The van der Waals surface area contributed by atoms with E-state index >= 15 is 0 Å². The highest BCUT2D eigenvalue weighted by molar-refractivity contribution is 6.02. The number of aromatic nitrogens is 4. The van der Waals surface area contributed by atoms with Crippen LogP contribution in [-0.2, 0) is 5.54 Å². The standard InChI is InChI=1S/C26H24N6O/c1-15-11-21-29-14-20-23(27)22(16-5-3-2-4-6-16)24(30-25(20)32(21)31-15)17-7-9-18(10-8-17)26(28)12-19(33)13-26/h2-11,14,19,33H,12-13,28H2,1H3,(H2,27,30)/t19-,26-. The zero-order chi connectivity index (χ0) is 22.7. The van der Waals surface area contributed by atoms with Gasteiger partial charge in [0.05, 0.1) is 28.6 Å². The molecule has 0 spiro atoms. The summed E-state index contributed by atoms with van der Waals surface area (Å²) in [4.78, 5) is 9.61. The van der Waals surface area contributed by atoms with E-state index in [0.29, 0.717) is 24.2 Å². The van der Waals surface area contributed by atoms with Crippen molar-refractivity contribution < 1.29 is 5.11 Å². The fourth-order valence-electron chi connectivity index (χ4n) is 4.84. The van der Waals surface area contributed by atoms with Crippen molar-refractivity contribution in [2.75, 3.05) is 5.73 Å².